The van der Waals surface area contributed by atoms with Crippen LogP contribution in [0.1, 0.15) is 39.5 Å². The lowest BCUT2D eigenvalue weighted by atomic mass is 9.92. The average Bonchev–Trinajstić information content (AvgIpc) is 2.60. The van der Waals surface area contributed by atoms with Gasteiger partial charge >= 0.3 is 12.4 Å². The third-order valence-corrected chi connectivity index (χ3v) is 5.92. The number of anilines is 2. The maximum Gasteiger partial charge on any atom is 0.393 e. The smallest absolute Gasteiger partial charge is 0.353 e. The van der Waals surface area contributed by atoms with Gasteiger partial charge in [-0.2, -0.15) is 26.3 Å². The van der Waals surface area contributed by atoms with Crippen molar-refractivity contribution < 1.29 is 26.3 Å². The van der Waals surface area contributed by atoms with E-state index in [1.54, 1.807) is 9.80 Å². The highest BCUT2D eigenvalue weighted by molar-refractivity contribution is 5.52. The molecule has 0 aromatic carbocycles. The molecule has 4 unspecified atom stereocenters. The van der Waals surface area contributed by atoms with Gasteiger partial charge in [0.1, 0.15) is 18.0 Å². The van der Waals surface area contributed by atoms with Crippen LogP contribution >= 0.6 is 0 Å². The predicted molar refractivity (Wildman–Crippen MR) is 93.2 cm³/mol. The van der Waals surface area contributed by atoms with Crippen molar-refractivity contribution in [2.45, 2.75) is 64.0 Å². The zero-order chi connectivity index (χ0) is 20.7. The Balaban J connectivity index is 1.83. The van der Waals surface area contributed by atoms with E-state index in [4.69, 9.17) is 0 Å². The highest BCUT2D eigenvalue weighted by Crippen LogP contribution is 2.39. The molecule has 4 nitrogen and oxygen atoms in total. The lowest BCUT2D eigenvalue weighted by Gasteiger charge is -2.41. The van der Waals surface area contributed by atoms with Gasteiger partial charge in [0, 0.05) is 31.2 Å². The topological polar surface area (TPSA) is 32.3 Å². The van der Waals surface area contributed by atoms with E-state index in [1.807, 2.05) is 13.8 Å². The van der Waals surface area contributed by atoms with Gasteiger partial charge in [-0.05, 0) is 39.5 Å². The summed E-state index contributed by atoms with van der Waals surface area (Å²) in [4.78, 5) is 11.4. The molecule has 2 saturated heterocycles. The van der Waals surface area contributed by atoms with E-state index in [0.717, 1.165) is 0 Å². The third-order valence-electron chi connectivity index (χ3n) is 5.92. The number of rotatable bonds is 2. The van der Waals surface area contributed by atoms with Gasteiger partial charge in [-0.25, -0.2) is 9.97 Å². The molecule has 3 heterocycles. The fraction of sp³-hybridized carbons (Fsp3) is 0.778. The molecule has 2 aliphatic rings. The van der Waals surface area contributed by atoms with Gasteiger partial charge < -0.3 is 9.80 Å². The number of hydrogen-bond acceptors (Lipinski definition) is 4. The zero-order valence-electron chi connectivity index (χ0n) is 15.8. The quantitative estimate of drug-likeness (QED) is 0.655. The minimum Gasteiger partial charge on any atom is -0.353 e. The Hall–Kier alpha value is -1.74. The number of halogens is 6. The maximum absolute atomic E-state index is 13.2. The number of aromatic nitrogens is 2. The van der Waals surface area contributed by atoms with Crippen LogP contribution in [0.3, 0.4) is 0 Å². The molecule has 158 valence electrons. The monoisotopic (exact) mass is 410 g/mol. The highest BCUT2D eigenvalue weighted by atomic mass is 19.4. The van der Waals surface area contributed by atoms with Crippen molar-refractivity contribution in [1.29, 1.82) is 0 Å². The number of hydrogen-bond donors (Lipinski definition) is 0. The van der Waals surface area contributed by atoms with Gasteiger partial charge in [-0.15, -0.1) is 0 Å². The molecule has 1 aromatic rings. The van der Waals surface area contributed by atoms with Gasteiger partial charge in [0.15, 0.2) is 0 Å². The molecule has 2 aliphatic heterocycles. The minimum atomic E-state index is -4.28. The van der Waals surface area contributed by atoms with Gasteiger partial charge in [-0.3, -0.25) is 0 Å². The van der Waals surface area contributed by atoms with Gasteiger partial charge in [-0.1, -0.05) is 0 Å². The van der Waals surface area contributed by atoms with E-state index in [9.17, 15) is 26.3 Å². The van der Waals surface area contributed by atoms with Gasteiger partial charge in [0.2, 0.25) is 0 Å². The molecule has 3 rings (SSSR count). The van der Waals surface area contributed by atoms with Gasteiger partial charge in [0.05, 0.1) is 11.8 Å². The van der Waals surface area contributed by atoms with Crippen LogP contribution in [0.5, 0.6) is 0 Å². The molecule has 1 aromatic heterocycles. The van der Waals surface area contributed by atoms with Crippen molar-refractivity contribution in [3.05, 3.63) is 12.4 Å². The molecule has 0 saturated carbocycles. The largest absolute Gasteiger partial charge is 0.393 e. The molecule has 0 spiro atoms. The minimum absolute atomic E-state index is 0.0650. The van der Waals surface area contributed by atoms with E-state index in [-0.39, 0.29) is 38.0 Å². The molecular formula is C18H24F6N4. The summed E-state index contributed by atoms with van der Waals surface area (Å²) in [6.45, 7) is 3.25. The molecule has 4 atom stereocenters. The van der Waals surface area contributed by atoms with E-state index in [1.165, 1.54) is 12.4 Å². The fourth-order valence-corrected chi connectivity index (χ4v) is 4.04. The summed E-state index contributed by atoms with van der Waals surface area (Å²) in [7, 11) is 0. The number of nitrogens with zero attached hydrogens (tertiary/aromatic N) is 4. The first-order valence-corrected chi connectivity index (χ1v) is 9.45. The Morgan fingerprint density at radius 1 is 0.750 bits per heavy atom. The Morgan fingerprint density at radius 2 is 1.14 bits per heavy atom. The molecule has 0 aliphatic carbocycles. The first kappa shape index (κ1) is 21.0. The lowest BCUT2D eigenvalue weighted by molar-refractivity contribution is -0.177. The number of piperidine rings is 2. The third kappa shape index (κ3) is 4.46. The first-order valence-electron chi connectivity index (χ1n) is 9.45. The fourth-order valence-electron chi connectivity index (χ4n) is 4.04. The van der Waals surface area contributed by atoms with Crippen molar-refractivity contribution in [2.75, 3.05) is 22.9 Å². The van der Waals surface area contributed by atoms with Crippen molar-refractivity contribution in [2.24, 2.45) is 11.8 Å². The summed E-state index contributed by atoms with van der Waals surface area (Å²) < 4.78 is 79.0. The molecule has 0 radical (unpaired) electrons. The van der Waals surface area contributed by atoms with Crippen LogP contribution in [0.4, 0.5) is 38.0 Å². The second-order valence-electron chi connectivity index (χ2n) is 7.87. The first-order chi connectivity index (χ1) is 13.0. The van der Waals surface area contributed by atoms with Crippen molar-refractivity contribution in [3.63, 3.8) is 0 Å². The summed E-state index contributed by atoms with van der Waals surface area (Å²) in [6, 6.07) is 1.25. The zero-order valence-corrected chi connectivity index (χ0v) is 15.8. The molecular weight excluding hydrogens is 386 g/mol. The van der Waals surface area contributed by atoms with Crippen LogP contribution in [0.25, 0.3) is 0 Å². The SMILES string of the molecule is CC1CCC(C(F)(F)F)CN1c1cc(N2CC(C(F)(F)F)CCC2C)ncn1. The summed E-state index contributed by atoms with van der Waals surface area (Å²) in [5, 5.41) is 0. The van der Waals surface area contributed by atoms with Crippen molar-refractivity contribution in [1.82, 2.24) is 9.97 Å². The summed E-state index contributed by atoms with van der Waals surface area (Å²) in [5.41, 5.74) is 0. The Morgan fingerprint density at radius 3 is 1.50 bits per heavy atom. The lowest BCUT2D eigenvalue weighted by Crippen LogP contribution is -2.48. The van der Waals surface area contributed by atoms with E-state index in [2.05, 4.69) is 9.97 Å². The van der Waals surface area contributed by atoms with Crippen LogP contribution in [0.2, 0.25) is 0 Å². The molecule has 0 N–H and O–H groups in total. The van der Waals surface area contributed by atoms with Crippen LogP contribution in [0, 0.1) is 11.8 Å². The molecule has 10 heteroatoms. The van der Waals surface area contributed by atoms with Crippen molar-refractivity contribution >= 4 is 11.6 Å². The molecule has 2 fully saturated rings. The summed E-state index contributed by atoms with van der Waals surface area (Å²) in [6.07, 6.45) is -6.46. The summed E-state index contributed by atoms with van der Waals surface area (Å²) in [5.74, 6) is -2.23. The van der Waals surface area contributed by atoms with Crippen LogP contribution in [-0.2, 0) is 0 Å². The van der Waals surface area contributed by atoms with E-state index in [0.29, 0.717) is 24.5 Å². The highest BCUT2D eigenvalue weighted by Gasteiger charge is 2.45. The molecule has 0 amide bonds. The Labute approximate surface area is 159 Å². The average molecular weight is 410 g/mol. The van der Waals surface area contributed by atoms with E-state index >= 15 is 0 Å². The van der Waals surface area contributed by atoms with Crippen molar-refractivity contribution in [3.8, 4) is 0 Å². The van der Waals surface area contributed by atoms with Crippen LogP contribution in [-0.4, -0.2) is 47.5 Å². The second kappa shape index (κ2) is 7.59. The standard InChI is InChI=1S/C18H24F6N4/c1-11-3-5-13(17(19,20)21)8-27(11)15-7-16(26-10-25-15)28-9-14(18(22,23)24)6-4-12(28)2/h7,10-14H,3-6,8-9H2,1-2H3. The maximum atomic E-state index is 13.2. The Bertz CT molecular complexity index is 624. The van der Waals surface area contributed by atoms with Gasteiger partial charge in [0.25, 0.3) is 0 Å². The van der Waals surface area contributed by atoms with E-state index < -0.39 is 24.2 Å². The van der Waals surface area contributed by atoms with Crippen LogP contribution in [0.15, 0.2) is 12.4 Å². The second-order valence-corrected chi connectivity index (χ2v) is 7.87. The normalized spacial score (nSPS) is 29.9. The molecule has 28 heavy (non-hydrogen) atoms. The van der Waals surface area contributed by atoms with Crippen LogP contribution < -0.4 is 9.80 Å². The Kier molecular flexibility index (Phi) is 5.69. The summed E-state index contributed by atoms with van der Waals surface area (Å²) >= 11 is 0. The number of alkyl halides is 6. The molecule has 0 bridgehead atoms. The predicted octanol–water partition coefficient (Wildman–Crippen LogP) is 4.81.